The van der Waals surface area contributed by atoms with E-state index in [1.165, 1.54) is 73.7 Å². The molecule has 0 saturated heterocycles. The van der Waals surface area contributed by atoms with Crippen LogP contribution >= 0.6 is 0 Å². The van der Waals surface area contributed by atoms with E-state index in [1.807, 2.05) is 13.8 Å². The molecule has 0 bridgehead atoms. The summed E-state index contributed by atoms with van der Waals surface area (Å²) in [4.78, 5) is 107. The first-order valence-corrected chi connectivity index (χ1v) is 20.6. The summed E-state index contributed by atoms with van der Waals surface area (Å²) in [6.45, 7) is 13.6. The zero-order valence-electron chi connectivity index (χ0n) is 38.0. The van der Waals surface area contributed by atoms with Gasteiger partial charge < -0.3 is 42.5 Å². The molecule has 0 fully saturated rings. The van der Waals surface area contributed by atoms with Crippen LogP contribution in [-0.2, 0) is 38.4 Å². The summed E-state index contributed by atoms with van der Waals surface area (Å²) in [6.07, 6.45) is 4.57. The summed E-state index contributed by atoms with van der Waals surface area (Å²) in [5.74, 6) is -5.67. The van der Waals surface area contributed by atoms with Crippen LogP contribution in [0.4, 0.5) is 0 Å². The van der Waals surface area contributed by atoms with E-state index >= 15 is 0 Å². The van der Waals surface area contributed by atoms with Gasteiger partial charge in [-0.2, -0.15) is 0 Å². The van der Waals surface area contributed by atoms with Crippen LogP contribution in [0.5, 0.6) is 0 Å². The molecular formula is C48H60N8O8. The SMILES string of the molecule is CNC(=O)/C(=C/c1ccccc1)NC(=O)C(C)(C)NC(=O)/C(=C/c1ccccc1)NC(=O)C(C)(C)NC(=O)/C(=C/c1ccccc1)NC(=O)C(C)(C)NC(=O)[C@H](CC(C)C)NC(C)=O. The fraction of sp³-hybridized carbons (Fsp3) is 0.333. The van der Waals surface area contributed by atoms with Gasteiger partial charge in [-0.3, -0.25) is 38.4 Å². The van der Waals surface area contributed by atoms with Gasteiger partial charge in [-0.15, -0.1) is 0 Å². The lowest BCUT2D eigenvalue weighted by Crippen LogP contribution is -2.60. The van der Waals surface area contributed by atoms with Gasteiger partial charge in [-0.05, 0) is 88.8 Å². The van der Waals surface area contributed by atoms with Gasteiger partial charge in [0, 0.05) is 14.0 Å². The molecule has 3 rings (SSSR count). The van der Waals surface area contributed by atoms with Crippen molar-refractivity contribution in [2.24, 2.45) is 5.92 Å². The van der Waals surface area contributed by atoms with Crippen LogP contribution in [-0.4, -0.2) is 77.0 Å². The Kier molecular flexibility index (Phi) is 18.0. The Morgan fingerprint density at radius 2 is 0.812 bits per heavy atom. The van der Waals surface area contributed by atoms with Gasteiger partial charge in [-0.25, -0.2) is 0 Å². The van der Waals surface area contributed by atoms with E-state index in [-0.39, 0.29) is 23.0 Å². The number of hydrogen-bond acceptors (Lipinski definition) is 8. The maximum atomic E-state index is 14.1. The second-order valence-electron chi connectivity index (χ2n) is 17.0. The van der Waals surface area contributed by atoms with E-state index in [0.717, 1.165) is 0 Å². The molecule has 16 nitrogen and oxygen atoms in total. The summed E-state index contributed by atoms with van der Waals surface area (Å²) in [5.41, 5.74) is -3.95. The van der Waals surface area contributed by atoms with Crippen molar-refractivity contribution in [1.82, 2.24) is 42.5 Å². The van der Waals surface area contributed by atoms with Crippen LogP contribution in [0.15, 0.2) is 108 Å². The van der Waals surface area contributed by atoms with Crippen molar-refractivity contribution in [3.05, 3.63) is 125 Å². The van der Waals surface area contributed by atoms with E-state index in [1.54, 1.807) is 91.0 Å². The minimum atomic E-state index is -1.75. The summed E-state index contributed by atoms with van der Waals surface area (Å²) in [6, 6.07) is 25.1. The molecule has 0 saturated carbocycles. The number of carbonyl (C=O) groups is 8. The molecule has 0 radical (unpaired) electrons. The normalized spacial score (nSPS) is 12.8. The highest BCUT2D eigenvalue weighted by Crippen LogP contribution is 2.16. The molecule has 0 aliphatic carbocycles. The molecule has 16 heteroatoms. The molecule has 340 valence electrons. The van der Waals surface area contributed by atoms with Crippen molar-refractivity contribution in [1.29, 1.82) is 0 Å². The van der Waals surface area contributed by atoms with Gasteiger partial charge in [0.05, 0.1) is 0 Å². The lowest BCUT2D eigenvalue weighted by atomic mass is 9.99. The van der Waals surface area contributed by atoms with Crippen LogP contribution in [0.3, 0.4) is 0 Å². The summed E-state index contributed by atoms with van der Waals surface area (Å²) >= 11 is 0. The molecule has 64 heavy (non-hydrogen) atoms. The minimum Gasteiger partial charge on any atom is -0.354 e. The van der Waals surface area contributed by atoms with Crippen LogP contribution in [0.2, 0.25) is 0 Å². The van der Waals surface area contributed by atoms with Gasteiger partial charge in [0.2, 0.25) is 29.5 Å². The lowest BCUT2D eigenvalue weighted by molar-refractivity contribution is -0.135. The third-order valence-electron chi connectivity index (χ3n) is 9.43. The van der Waals surface area contributed by atoms with Gasteiger partial charge in [0.15, 0.2) is 0 Å². The number of benzene rings is 3. The molecule has 3 aromatic carbocycles. The van der Waals surface area contributed by atoms with Crippen LogP contribution < -0.4 is 42.5 Å². The van der Waals surface area contributed by atoms with Gasteiger partial charge in [0.1, 0.15) is 39.7 Å². The van der Waals surface area contributed by atoms with E-state index < -0.39 is 69.9 Å². The highest BCUT2D eigenvalue weighted by molar-refractivity contribution is 6.09. The largest absolute Gasteiger partial charge is 0.354 e. The lowest BCUT2D eigenvalue weighted by Gasteiger charge is -2.30. The molecule has 0 aliphatic heterocycles. The third-order valence-corrected chi connectivity index (χ3v) is 9.43. The first-order chi connectivity index (χ1) is 29.9. The van der Waals surface area contributed by atoms with E-state index in [4.69, 9.17) is 0 Å². The average Bonchev–Trinajstić information content (AvgIpc) is 3.22. The van der Waals surface area contributed by atoms with Gasteiger partial charge in [-0.1, -0.05) is 105 Å². The first kappa shape index (κ1) is 51.0. The minimum absolute atomic E-state index is 0.0414. The second-order valence-corrected chi connectivity index (χ2v) is 17.0. The van der Waals surface area contributed by atoms with Crippen molar-refractivity contribution in [3.8, 4) is 0 Å². The third kappa shape index (κ3) is 15.8. The summed E-state index contributed by atoms with van der Waals surface area (Å²) < 4.78 is 0. The Labute approximate surface area is 374 Å². The number of hydrogen-bond donors (Lipinski definition) is 8. The molecule has 8 amide bonds. The molecular weight excluding hydrogens is 817 g/mol. The standard InChI is InChI=1S/C48H60N8O8/c1-30(2)26-35(50-31(3)57)40(59)54-47(6,7)44(63)52-38(29-34-24-18-13-19-25-34)42(61)56-48(8,9)45(64)53-37(28-33-22-16-12-17-23-33)41(60)55-46(4,5)43(62)51-36(39(58)49-10)27-32-20-14-11-15-21-32/h11-25,27-30,35H,26H2,1-10H3,(H,49,58)(H,50,57)(H,51,62)(H,52,63)(H,53,64)(H,54,59)(H,55,60)(H,56,61)/b36-27-,37-28-,38-29-/t35-/m0/s1. The average molecular weight is 877 g/mol. The molecule has 0 spiro atoms. The first-order valence-electron chi connectivity index (χ1n) is 20.6. The Morgan fingerprint density at radius 1 is 0.500 bits per heavy atom. The van der Waals surface area contributed by atoms with Gasteiger partial charge in [0.25, 0.3) is 17.7 Å². The fourth-order valence-corrected chi connectivity index (χ4v) is 5.81. The quantitative estimate of drug-likeness (QED) is 0.0830. The predicted octanol–water partition coefficient (Wildman–Crippen LogP) is 3.44. The number of likely N-dealkylation sites (N-methyl/N-ethyl adjacent to an activating group) is 1. The molecule has 0 aromatic heterocycles. The summed E-state index contributed by atoms with van der Waals surface area (Å²) in [5, 5.41) is 20.8. The molecule has 3 aromatic rings. The number of nitrogens with one attached hydrogen (secondary N) is 8. The van der Waals surface area contributed by atoms with Crippen LogP contribution in [0.25, 0.3) is 18.2 Å². The zero-order chi connectivity index (χ0) is 47.8. The van der Waals surface area contributed by atoms with Crippen molar-refractivity contribution < 1.29 is 38.4 Å². The van der Waals surface area contributed by atoms with Crippen molar-refractivity contribution >= 4 is 65.5 Å². The Bertz CT molecular complexity index is 2280. The van der Waals surface area contributed by atoms with Crippen LogP contribution in [0.1, 0.15) is 85.4 Å². The number of rotatable bonds is 19. The van der Waals surface area contributed by atoms with Crippen molar-refractivity contribution in [2.75, 3.05) is 7.05 Å². The molecule has 0 unspecified atom stereocenters. The van der Waals surface area contributed by atoms with E-state index in [0.29, 0.717) is 23.1 Å². The maximum absolute atomic E-state index is 14.1. The molecule has 0 aliphatic rings. The predicted molar refractivity (Wildman–Crippen MR) is 245 cm³/mol. The molecule has 8 N–H and O–H groups in total. The van der Waals surface area contributed by atoms with Gasteiger partial charge >= 0.3 is 0 Å². The highest BCUT2D eigenvalue weighted by atomic mass is 16.2. The second kappa shape index (κ2) is 22.6. The Morgan fingerprint density at radius 3 is 1.11 bits per heavy atom. The molecule has 0 heterocycles. The smallest absolute Gasteiger partial charge is 0.268 e. The van der Waals surface area contributed by atoms with E-state index in [2.05, 4.69) is 42.5 Å². The summed E-state index contributed by atoms with van der Waals surface area (Å²) in [7, 11) is 1.41. The molecule has 1 atom stereocenters. The fourth-order valence-electron chi connectivity index (χ4n) is 5.81. The van der Waals surface area contributed by atoms with E-state index in [9.17, 15) is 38.4 Å². The number of carbonyl (C=O) groups excluding carboxylic acids is 8. The monoisotopic (exact) mass is 876 g/mol. The Hall–Kier alpha value is -7.36. The Balaban J connectivity index is 1.89. The maximum Gasteiger partial charge on any atom is 0.268 e. The topological polar surface area (TPSA) is 233 Å². The van der Waals surface area contributed by atoms with Crippen molar-refractivity contribution in [3.63, 3.8) is 0 Å². The highest BCUT2D eigenvalue weighted by Gasteiger charge is 2.37. The number of amides is 8. The van der Waals surface area contributed by atoms with Crippen LogP contribution in [0, 0.1) is 5.92 Å². The van der Waals surface area contributed by atoms with Crippen molar-refractivity contribution in [2.45, 2.75) is 91.4 Å². The zero-order valence-corrected chi connectivity index (χ0v) is 38.0.